The molecule has 0 saturated carbocycles. The van der Waals surface area contributed by atoms with Gasteiger partial charge in [-0.2, -0.15) is 0 Å². The first-order valence-electron chi connectivity index (χ1n) is 11.5. The summed E-state index contributed by atoms with van der Waals surface area (Å²) >= 11 is 13.1. The second-order valence-electron chi connectivity index (χ2n) is 8.38. The number of ether oxygens (including phenoxy) is 2. The number of thiazole rings is 1. The summed E-state index contributed by atoms with van der Waals surface area (Å²) in [6.07, 6.45) is -1.15. The lowest BCUT2D eigenvalue weighted by atomic mass is 10.0. The maximum Gasteiger partial charge on any atom is 0.350 e. The second-order valence-corrected chi connectivity index (χ2v) is 10.1. The fraction of sp³-hybridized carbons (Fsp3) is 0.545. The number of hydrogen-bond donors (Lipinski definition) is 2. The number of amides is 2. The molecule has 2 amide bonds. The fourth-order valence-corrected chi connectivity index (χ4v) is 5.45. The summed E-state index contributed by atoms with van der Waals surface area (Å²) in [6.45, 7) is 5.35. The van der Waals surface area contributed by atoms with E-state index in [0.717, 1.165) is 11.3 Å². The Morgan fingerprint density at radius 2 is 1.97 bits per heavy atom. The highest BCUT2D eigenvalue weighted by Crippen LogP contribution is 2.32. The van der Waals surface area contributed by atoms with E-state index in [4.69, 9.17) is 32.7 Å². The molecule has 0 aromatic carbocycles. The van der Waals surface area contributed by atoms with Gasteiger partial charge in [-0.3, -0.25) is 9.59 Å². The molecule has 2 aromatic rings. The van der Waals surface area contributed by atoms with Crippen molar-refractivity contribution in [3.05, 3.63) is 32.0 Å². The van der Waals surface area contributed by atoms with Gasteiger partial charge in [-0.1, -0.05) is 34.5 Å². The first-order chi connectivity index (χ1) is 17.2. The molecule has 196 valence electrons. The number of aryl methyl sites for hydroxylation is 1. The summed E-state index contributed by atoms with van der Waals surface area (Å²) < 4.78 is 25.6. The molecule has 0 radical (unpaired) electrons. The second kappa shape index (κ2) is 11.3. The molecule has 2 fully saturated rings. The van der Waals surface area contributed by atoms with Crippen LogP contribution in [0.25, 0.3) is 0 Å². The van der Waals surface area contributed by atoms with Crippen LogP contribution < -0.4 is 10.2 Å². The number of halogens is 3. The van der Waals surface area contributed by atoms with Gasteiger partial charge in [0.2, 0.25) is 0 Å². The number of nitrogens with one attached hydrogen (secondary N) is 2. The molecule has 10 nitrogen and oxygen atoms in total. The van der Waals surface area contributed by atoms with E-state index < -0.39 is 24.1 Å². The summed E-state index contributed by atoms with van der Waals surface area (Å²) in [6, 6.07) is -0.758. The van der Waals surface area contributed by atoms with Crippen molar-refractivity contribution in [2.24, 2.45) is 0 Å². The number of hydrogen-bond acceptors (Lipinski definition) is 8. The molecule has 2 saturated heterocycles. The third-order valence-electron chi connectivity index (χ3n) is 5.99. The first kappa shape index (κ1) is 26.6. The van der Waals surface area contributed by atoms with Crippen molar-refractivity contribution in [3.63, 3.8) is 0 Å². The lowest BCUT2D eigenvalue weighted by Gasteiger charge is -2.34. The topological polar surface area (TPSA) is 117 Å². The molecule has 2 aromatic heterocycles. The minimum absolute atomic E-state index is 0.00480. The standard InChI is InChI=1S/C22H26Cl2FN5O5S/c1-3-35-21(33)18-17(20(32)29-6-8-34-9-7-29)28-22(36-18)30-5-4-13(12(25)10-30)27-19(31)16-15(24)14(23)11(2)26-16/h12-13,26H,3-10H2,1-2H3,(H,27,31)/t12-,13+/m0/s1. The highest BCUT2D eigenvalue weighted by Gasteiger charge is 2.35. The zero-order valence-electron chi connectivity index (χ0n) is 19.7. The average molecular weight is 562 g/mol. The number of esters is 1. The molecule has 4 heterocycles. The largest absolute Gasteiger partial charge is 0.462 e. The number of carbonyl (C=O) groups is 3. The lowest BCUT2D eigenvalue weighted by molar-refractivity contribution is 0.0295. The molecule has 0 unspecified atom stereocenters. The molecule has 14 heteroatoms. The van der Waals surface area contributed by atoms with Crippen molar-refractivity contribution < 1.29 is 28.2 Å². The van der Waals surface area contributed by atoms with Crippen LogP contribution in [0.3, 0.4) is 0 Å². The molecule has 36 heavy (non-hydrogen) atoms. The minimum atomic E-state index is -1.43. The van der Waals surface area contributed by atoms with Crippen LogP contribution in [0, 0.1) is 6.92 Å². The predicted octanol–water partition coefficient (Wildman–Crippen LogP) is 3.08. The Balaban J connectivity index is 1.48. The van der Waals surface area contributed by atoms with Gasteiger partial charge < -0.3 is 29.6 Å². The maximum atomic E-state index is 15.2. The van der Waals surface area contributed by atoms with Crippen LogP contribution in [0.4, 0.5) is 9.52 Å². The van der Waals surface area contributed by atoms with Gasteiger partial charge in [0.1, 0.15) is 16.7 Å². The minimum Gasteiger partial charge on any atom is -0.462 e. The van der Waals surface area contributed by atoms with Crippen LogP contribution in [0.5, 0.6) is 0 Å². The van der Waals surface area contributed by atoms with E-state index in [0.29, 0.717) is 43.7 Å². The van der Waals surface area contributed by atoms with Crippen LogP contribution in [-0.4, -0.2) is 90.9 Å². The van der Waals surface area contributed by atoms with Crippen molar-refractivity contribution >= 4 is 57.5 Å². The van der Waals surface area contributed by atoms with Gasteiger partial charge in [-0.15, -0.1) is 0 Å². The van der Waals surface area contributed by atoms with Crippen LogP contribution >= 0.6 is 34.5 Å². The van der Waals surface area contributed by atoms with Crippen LogP contribution in [0.1, 0.15) is 49.7 Å². The molecule has 4 rings (SSSR count). The third-order valence-corrected chi connectivity index (χ3v) is 8.03. The number of alkyl halides is 1. The van der Waals surface area contributed by atoms with Crippen molar-refractivity contribution in [2.75, 3.05) is 50.9 Å². The lowest BCUT2D eigenvalue weighted by Crippen LogP contribution is -2.52. The molecule has 0 bridgehead atoms. The molecule has 0 aliphatic carbocycles. The number of anilines is 1. The third kappa shape index (κ3) is 5.46. The van der Waals surface area contributed by atoms with E-state index >= 15 is 4.39 Å². The first-order valence-corrected chi connectivity index (χ1v) is 13.1. The van der Waals surface area contributed by atoms with E-state index in [1.54, 1.807) is 23.6 Å². The number of aromatic nitrogens is 2. The van der Waals surface area contributed by atoms with Gasteiger partial charge in [-0.05, 0) is 20.3 Å². The number of carbonyl (C=O) groups excluding carboxylic acids is 3. The van der Waals surface area contributed by atoms with Crippen molar-refractivity contribution in [2.45, 2.75) is 32.5 Å². The van der Waals surface area contributed by atoms with Crippen LogP contribution in [0.15, 0.2) is 0 Å². The molecule has 2 aliphatic heterocycles. The number of rotatable bonds is 6. The number of H-pyrrole nitrogens is 1. The average Bonchev–Trinajstić information content (AvgIpc) is 3.43. The summed E-state index contributed by atoms with van der Waals surface area (Å²) in [7, 11) is 0. The Hall–Kier alpha value is -2.41. The number of aromatic amines is 1. The number of piperidine rings is 1. The fourth-order valence-electron chi connectivity index (χ4n) is 4.05. The highest BCUT2D eigenvalue weighted by atomic mass is 35.5. The van der Waals surface area contributed by atoms with Crippen LogP contribution in [-0.2, 0) is 9.47 Å². The summed E-state index contributed by atoms with van der Waals surface area (Å²) in [5.41, 5.74) is 0.621. The molecule has 2 atom stereocenters. The van der Waals surface area contributed by atoms with Gasteiger partial charge in [0.25, 0.3) is 11.8 Å². The smallest absolute Gasteiger partial charge is 0.350 e. The molecular weight excluding hydrogens is 536 g/mol. The van der Waals surface area contributed by atoms with Gasteiger partial charge in [0.15, 0.2) is 10.8 Å². The zero-order valence-corrected chi connectivity index (χ0v) is 22.1. The van der Waals surface area contributed by atoms with Gasteiger partial charge in [0, 0.05) is 25.3 Å². The summed E-state index contributed by atoms with van der Waals surface area (Å²) in [4.78, 5) is 48.9. The van der Waals surface area contributed by atoms with E-state index in [1.807, 2.05) is 0 Å². The van der Waals surface area contributed by atoms with Gasteiger partial charge >= 0.3 is 5.97 Å². The number of nitrogens with zero attached hydrogens (tertiary/aromatic N) is 3. The Morgan fingerprint density at radius 1 is 1.25 bits per heavy atom. The van der Waals surface area contributed by atoms with Crippen molar-refractivity contribution in [1.82, 2.24) is 20.2 Å². The Kier molecular flexibility index (Phi) is 8.38. The summed E-state index contributed by atoms with van der Waals surface area (Å²) in [5.74, 6) is -1.58. The highest BCUT2D eigenvalue weighted by molar-refractivity contribution is 7.17. The molecule has 0 spiro atoms. The zero-order chi connectivity index (χ0) is 26.0. The summed E-state index contributed by atoms with van der Waals surface area (Å²) in [5, 5.41) is 3.35. The monoisotopic (exact) mass is 561 g/mol. The van der Waals surface area contributed by atoms with E-state index in [2.05, 4.69) is 15.3 Å². The molecule has 2 aliphatic rings. The van der Waals surface area contributed by atoms with Crippen molar-refractivity contribution in [1.29, 1.82) is 0 Å². The van der Waals surface area contributed by atoms with Gasteiger partial charge in [0.05, 0.1) is 42.5 Å². The molecule has 2 N–H and O–H groups in total. The quantitative estimate of drug-likeness (QED) is 0.520. The van der Waals surface area contributed by atoms with E-state index in [-0.39, 0.29) is 51.8 Å². The van der Waals surface area contributed by atoms with Crippen LogP contribution in [0.2, 0.25) is 10.0 Å². The van der Waals surface area contributed by atoms with Crippen molar-refractivity contribution in [3.8, 4) is 0 Å². The van der Waals surface area contributed by atoms with E-state index in [1.165, 1.54) is 0 Å². The predicted molar refractivity (Wildman–Crippen MR) is 133 cm³/mol. The number of morpholine rings is 1. The molecular formula is C22H26Cl2FN5O5S. The Bertz CT molecular complexity index is 1150. The Labute approximate surface area is 221 Å². The van der Waals surface area contributed by atoms with E-state index in [9.17, 15) is 14.4 Å². The normalized spacial score (nSPS) is 20.4. The Morgan fingerprint density at radius 3 is 2.58 bits per heavy atom. The SMILES string of the molecule is CCOC(=O)c1sc(N2CC[C@@H](NC(=O)c3[nH]c(C)c(Cl)c3Cl)[C@@H](F)C2)nc1C(=O)N1CCOCC1. The maximum absolute atomic E-state index is 15.2. The van der Waals surface area contributed by atoms with Gasteiger partial charge in [-0.25, -0.2) is 14.2 Å².